The van der Waals surface area contributed by atoms with Crippen molar-refractivity contribution in [2.24, 2.45) is 0 Å². The van der Waals surface area contributed by atoms with Crippen LogP contribution in [0.15, 0.2) is 22.7 Å². The zero-order valence-electron chi connectivity index (χ0n) is 11.7. The maximum absolute atomic E-state index is 12.0. The molecule has 0 atom stereocenters. The maximum Gasteiger partial charge on any atom is 0.289 e. The first kappa shape index (κ1) is 14.0. The first-order chi connectivity index (χ1) is 9.49. The highest BCUT2D eigenvalue weighted by Gasteiger charge is 2.19. The molecule has 1 amide bonds. The predicted molar refractivity (Wildman–Crippen MR) is 72.4 cm³/mol. The standard InChI is InChI=1S/C14H17N3O3/c1-8(2)14-17-9(3)12(20-14)13(19)16-7-10-11(18)5-4-6-15-10/h4-6,8,18H,7H2,1-3H3,(H,16,19). The number of hydrogen-bond donors (Lipinski definition) is 2. The molecule has 6 nitrogen and oxygen atoms in total. The van der Waals surface area contributed by atoms with E-state index in [2.05, 4.69) is 15.3 Å². The van der Waals surface area contributed by atoms with E-state index in [4.69, 9.17) is 4.42 Å². The summed E-state index contributed by atoms with van der Waals surface area (Å²) in [6.07, 6.45) is 1.55. The third-order valence-electron chi connectivity index (χ3n) is 2.80. The van der Waals surface area contributed by atoms with Crippen LogP contribution in [-0.2, 0) is 6.54 Å². The molecule has 0 bridgehead atoms. The van der Waals surface area contributed by atoms with Gasteiger partial charge in [0.1, 0.15) is 11.4 Å². The molecule has 2 aromatic rings. The van der Waals surface area contributed by atoms with Gasteiger partial charge in [-0.25, -0.2) is 4.98 Å². The number of oxazole rings is 1. The fourth-order valence-electron chi connectivity index (χ4n) is 1.68. The molecule has 0 spiro atoms. The van der Waals surface area contributed by atoms with Gasteiger partial charge < -0.3 is 14.8 Å². The van der Waals surface area contributed by atoms with Gasteiger partial charge in [0, 0.05) is 12.1 Å². The van der Waals surface area contributed by atoms with Crippen molar-refractivity contribution in [3.05, 3.63) is 41.4 Å². The smallest absolute Gasteiger partial charge is 0.289 e. The quantitative estimate of drug-likeness (QED) is 0.892. The first-order valence-electron chi connectivity index (χ1n) is 6.37. The molecule has 2 heterocycles. The van der Waals surface area contributed by atoms with Crippen LogP contribution >= 0.6 is 0 Å². The molecule has 0 aliphatic carbocycles. The van der Waals surface area contributed by atoms with E-state index in [1.54, 1.807) is 19.2 Å². The summed E-state index contributed by atoms with van der Waals surface area (Å²) in [6, 6.07) is 3.14. The number of pyridine rings is 1. The molecule has 6 heteroatoms. The van der Waals surface area contributed by atoms with E-state index < -0.39 is 0 Å². The van der Waals surface area contributed by atoms with E-state index in [-0.39, 0.29) is 29.9 Å². The summed E-state index contributed by atoms with van der Waals surface area (Å²) in [5.74, 6) is 0.532. The average molecular weight is 275 g/mol. The highest BCUT2D eigenvalue weighted by molar-refractivity contribution is 5.92. The van der Waals surface area contributed by atoms with Gasteiger partial charge in [-0.05, 0) is 19.1 Å². The Kier molecular flexibility index (Phi) is 4.02. The zero-order chi connectivity index (χ0) is 14.7. The second-order valence-electron chi connectivity index (χ2n) is 4.77. The van der Waals surface area contributed by atoms with Crippen molar-refractivity contribution in [3.8, 4) is 5.75 Å². The first-order valence-corrected chi connectivity index (χ1v) is 6.37. The van der Waals surface area contributed by atoms with Crippen molar-refractivity contribution in [1.29, 1.82) is 0 Å². The number of rotatable bonds is 4. The van der Waals surface area contributed by atoms with E-state index in [9.17, 15) is 9.90 Å². The van der Waals surface area contributed by atoms with Crippen molar-refractivity contribution in [3.63, 3.8) is 0 Å². The topological polar surface area (TPSA) is 88.3 Å². The minimum atomic E-state index is -0.369. The molecule has 2 aromatic heterocycles. The highest BCUT2D eigenvalue weighted by Crippen LogP contribution is 2.18. The molecule has 0 saturated carbocycles. The van der Waals surface area contributed by atoms with Crippen LogP contribution in [0.1, 0.15) is 47.6 Å². The molecule has 0 fully saturated rings. The van der Waals surface area contributed by atoms with Crippen molar-refractivity contribution in [2.45, 2.75) is 33.2 Å². The van der Waals surface area contributed by atoms with Crippen LogP contribution in [-0.4, -0.2) is 21.0 Å². The Balaban J connectivity index is 2.07. The van der Waals surface area contributed by atoms with Crippen LogP contribution in [0.3, 0.4) is 0 Å². The van der Waals surface area contributed by atoms with Gasteiger partial charge in [-0.3, -0.25) is 9.78 Å². The Morgan fingerprint density at radius 2 is 2.25 bits per heavy atom. The van der Waals surface area contributed by atoms with Gasteiger partial charge in [0.25, 0.3) is 5.91 Å². The van der Waals surface area contributed by atoms with Crippen LogP contribution in [0.5, 0.6) is 5.75 Å². The van der Waals surface area contributed by atoms with Crippen LogP contribution in [0.2, 0.25) is 0 Å². The molecule has 0 aliphatic heterocycles. The molecule has 0 radical (unpaired) electrons. The van der Waals surface area contributed by atoms with Gasteiger partial charge in [-0.2, -0.15) is 0 Å². The lowest BCUT2D eigenvalue weighted by atomic mass is 10.2. The van der Waals surface area contributed by atoms with E-state index >= 15 is 0 Å². The summed E-state index contributed by atoms with van der Waals surface area (Å²) in [6.45, 7) is 5.74. The number of nitrogens with one attached hydrogen (secondary N) is 1. The molecular weight excluding hydrogens is 258 g/mol. The number of carbonyl (C=O) groups excluding carboxylic acids is 1. The predicted octanol–water partition coefficient (Wildman–Crippen LogP) is 2.14. The van der Waals surface area contributed by atoms with Gasteiger partial charge in [0.2, 0.25) is 5.76 Å². The highest BCUT2D eigenvalue weighted by atomic mass is 16.4. The fourth-order valence-corrected chi connectivity index (χ4v) is 1.68. The van der Waals surface area contributed by atoms with E-state index in [0.717, 1.165) is 0 Å². The van der Waals surface area contributed by atoms with Crippen molar-refractivity contribution in [2.75, 3.05) is 0 Å². The summed E-state index contributed by atoms with van der Waals surface area (Å²) in [5, 5.41) is 12.2. The molecule has 0 unspecified atom stereocenters. The molecule has 106 valence electrons. The fraction of sp³-hybridized carbons (Fsp3) is 0.357. The average Bonchev–Trinajstić information content (AvgIpc) is 2.80. The minimum Gasteiger partial charge on any atom is -0.506 e. The van der Waals surface area contributed by atoms with E-state index in [1.807, 2.05) is 13.8 Å². The Hall–Kier alpha value is -2.37. The minimum absolute atomic E-state index is 0.0463. The summed E-state index contributed by atoms with van der Waals surface area (Å²) >= 11 is 0. The van der Waals surface area contributed by atoms with E-state index in [0.29, 0.717) is 17.3 Å². The lowest BCUT2D eigenvalue weighted by molar-refractivity contribution is 0.0919. The summed E-state index contributed by atoms with van der Waals surface area (Å²) in [5.41, 5.74) is 0.957. The normalized spacial score (nSPS) is 10.8. The Morgan fingerprint density at radius 1 is 1.50 bits per heavy atom. The van der Waals surface area contributed by atoms with Gasteiger partial charge >= 0.3 is 0 Å². The second kappa shape index (κ2) is 5.73. The summed E-state index contributed by atoms with van der Waals surface area (Å²) in [7, 11) is 0. The molecule has 2 N–H and O–H groups in total. The zero-order valence-corrected chi connectivity index (χ0v) is 11.7. The number of aromatic nitrogens is 2. The SMILES string of the molecule is Cc1nc(C(C)C)oc1C(=O)NCc1ncccc1O. The van der Waals surface area contributed by atoms with Gasteiger partial charge in [0.05, 0.1) is 12.2 Å². The molecule has 20 heavy (non-hydrogen) atoms. The van der Waals surface area contributed by atoms with Gasteiger partial charge in [0.15, 0.2) is 5.89 Å². The summed E-state index contributed by atoms with van der Waals surface area (Å²) in [4.78, 5) is 20.2. The molecule has 0 aromatic carbocycles. The molecular formula is C14H17N3O3. The summed E-state index contributed by atoms with van der Waals surface area (Å²) < 4.78 is 5.45. The third kappa shape index (κ3) is 2.96. The van der Waals surface area contributed by atoms with Crippen LogP contribution in [0.4, 0.5) is 0 Å². The Bertz CT molecular complexity index is 620. The van der Waals surface area contributed by atoms with Crippen LogP contribution in [0.25, 0.3) is 0 Å². The van der Waals surface area contributed by atoms with Crippen LogP contribution < -0.4 is 5.32 Å². The Morgan fingerprint density at radius 3 is 2.85 bits per heavy atom. The monoisotopic (exact) mass is 275 g/mol. The van der Waals surface area contributed by atoms with Gasteiger partial charge in [-0.1, -0.05) is 13.8 Å². The molecule has 0 aliphatic rings. The number of hydrogen-bond acceptors (Lipinski definition) is 5. The lowest BCUT2D eigenvalue weighted by Crippen LogP contribution is -2.23. The maximum atomic E-state index is 12.0. The van der Waals surface area contributed by atoms with Crippen molar-refractivity contribution in [1.82, 2.24) is 15.3 Å². The van der Waals surface area contributed by atoms with Crippen LogP contribution in [0, 0.1) is 6.92 Å². The lowest BCUT2D eigenvalue weighted by Gasteiger charge is -2.04. The number of aryl methyl sites for hydroxylation is 1. The van der Waals surface area contributed by atoms with Crippen molar-refractivity contribution >= 4 is 5.91 Å². The number of carbonyl (C=O) groups is 1. The largest absolute Gasteiger partial charge is 0.506 e. The molecule has 2 rings (SSSR count). The number of nitrogens with zero attached hydrogens (tertiary/aromatic N) is 2. The van der Waals surface area contributed by atoms with Gasteiger partial charge in [-0.15, -0.1) is 0 Å². The van der Waals surface area contributed by atoms with Crippen molar-refractivity contribution < 1.29 is 14.3 Å². The number of aromatic hydroxyl groups is 1. The third-order valence-corrected chi connectivity index (χ3v) is 2.80. The number of amides is 1. The molecule has 0 saturated heterocycles. The second-order valence-corrected chi connectivity index (χ2v) is 4.77. The van der Waals surface area contributed by atoms with E-state index in [1.165, 1.54) is 6.07 Å². The Labute approximate surface area is 116 Å².